The fourth-order valence-corrected chi connectivity index (χ4v) is 4.85. The van der Waals surface area contributed by atoms with Gasteiger partial charge >= 0.3 is 0 Å². The molecule has 0 bridgehead atoms. The van der Waals surface area contributed by atoms with Crippen molar-refractivity contribution in [2.24, 2.45) is 5.92 Å². The van der Waals surface area contributed by atoms with E-state index in [0.29, 0.717) is 38.3 Å². The number of rotatable bonds is 7. The van der Waals surface area contributed by atoms with E-state index in [1.54, 1.807) is 24.3 Å². The van der Waals surface area contributed by atoms with Crippen molar-refractivity contribution >= 4 is 15.9 Å². The monoisotopic (exact) mass is 402 g/mol. The van der Waals surface area contributed by atoms with Crippen molar-refractivity contribution in [1.29, 1.82) is 0 Å². The molecule has 0 saturated carbocycles. The van der Waals surface area contributed by atoms with Crippen LogP contribution < -0.4 is 10.1 Å². The van der Waals surface area contributed by atoms with Crippen LogP contribution in [0, 0.1) is 5.92 Å². The Morgan fingerprint density at radius 3 is 2.54 bits per heavy atom. The summed E-state index contributed by atoms with van der Waals surface area (Å²) in [5.41, 5.74) is 1.02. The Labute approximate surface area is 166 Å². The van der Waals surface area contributed by atoms with Gasteiger partial charge in [0.25, 0.3) is 0 Å². The molecule has 3 rings (SSSR count). The summed E-state index contributed by atoms with van der Waals surface area (Å²) in [5, 5.41) is 2.92. The first kappa shape index (κ1) is 20.4. The summed E-state index contributed by atoms with van der Waals surface area (Å²) < 4.78 is 32.7. The Morgan fingerprint density at radius 2 is 1.86 bits per heavy atom. The van der Waals surface area contributed by atoms with Gasteiger partial charge in [-0.15, -0.1) is 0 Å². The summed E-state index contributed by atoms with van der Waals surface area (Å²) in [6, 6.07) is 16.1. The molecular weight excluding hydrogens is 376 g/mol. The fraction of sp³-hybridized carbons (Fsp3) is 0.381. The number of amides is 1. The highest BCUT2D eigenvalue weighted by Crippen LogP contribution is 2.25. The second kappa shape index (κ2) is 9.21. The highest BCUT2D eigenvalue weighted by molar-refractivity contribution is 7.89. The van der Waals surface area contributed by atoms with E-state index in [1.807, 2.05) is 37.3 Å². The molecule has 150 valence electrons. The highest BCUT2D eigenvalue weighted by Gasteiger charge is 2.33. The fourth-order valence-electron chi connectivity index (χ4n) is 3.33. The molecule has 2 aromatic rings. The van der Waals surface area contributed by atoms with Crippen LogP contribution in [0.2, 0.25) is 0 Å². The van der Waals surface area contributed by atoms with Gasteiger partial charge in [0.2, 0.25) is 15.9 Å². The summed E-state index contributed by atoms with van der Waals surface area (Å²) in [4.78, 5) is 12.8. The molecule has 1 aliphatic rings. The van der Waals surface area contributed by atoms with E-state index in [2.05, 4.69) is 5.32 Å². The van der Waals surface area contributed by atoms with Gasteiger partial charge in [0.05, 0.1) is 17.4 Å². The lowest BCUT2D eigenvalue weighted by molar-refractivity contribution is -0.126. The van der Waals surface area contributed by atoms with Gasteiger partial charge in [-0.25, -0.2) is 8.42 Å². The molecular formula is C21H26N2O4S. The topological polar surface area (TPSA) is 75.7 Å². The van der Waals surface area contributed by atoms with Crippen molar-refractivity contribution in [3.63, 3.8) is 0 Å². The van der Waals surface area contributed by atoms with E-state index in [1.165, 1.54) is 4.31 Å². The zero-order chi connectivity index (χ0) is 20.0. The molecule has 2 aromatic carbocycles. The third-order valence-corrected chi connectivity index (χ3v) is 6.72. The van der Waals surface area contributed by atoms with Gasteiger partial charge in [0.1, 0.15) is 5.75 Å². The smallest absolute Gasteiger partial charge is 0.243 e. The lowest BCUT2D eigenvalue weighted by Gasteiger charge is -2.31. The summed E-state index contributed by atoms with van der Waals surface area (Å²) in [5.74, 6) is 0.198. The summed E-state index contributed by atoms with van der Waals surface area (Å²) in [7, 11) is -3.63. The van der Waals surface area contributed by atoms with Crippen LogP contribution in [0.4, 0.5) is 0 Å². The second-order valence-electron chi connectivity index (χ2n) is 6.81. The van der Waals surface area contributed by atoms with E-state index >= 15 is 0 Å². The molecule has 0 aromatic heterocycles. The van der Waals surface area contributed by atoms with Crippen LogP contribution in [0.3, 0.4) is 0 Å². The normalized spacial score (nSPS) is 17.8. The number of hydrogen-bond acceptors (Lipinski definition) is 4. The molecule has 1 fully saturated rings. The molecule has 0 spiro atoms. The number of sulfonamides is 1. The van der Waals surface area contributed by atoms with Gasteiger partial charge in [-0.3, -0.25) is 4.79 Å². The SMILES string of the molecule is CCOc1ccc(S(=O)(=O)N2CCC[C@H](C(=O)NCc3ccccc3)C2)cc1. The Kier molecular flexibility index (Phi) is 6.70. The van der Waals surface area contributed by atoms with E-state index in [9.17, 15) is 13.2 Å². The molecule has 7 heteroatoms. The van der Waals surface area contributed by atoms with Gasteiger partial charge in [0, 0.05) is 19.6 Å². The number of hydrogen-bond donors (Lipinski definition) is 1. The van der Waals surface area contributed by atoms with Gasteiger partial charge in [-0.2, -0.15) is 4.31 Å². The van der Waals surface area contributed by atoms with Crippen molar-refractivity contribution in [3.05, 3.63) is 60.2 Å². The molecule has 6 nitrogen and oxygen atoms in total. The minimum atomic E-state index is -3.63. The van der Waals surface area contributed by atoms with E-state index < -0.39 is 10.0 Å². The highest BCUT2D eigenvalue weighted by atomic mass is 32.2. The zero-order valence-electron chi connectivity index (χ0n) is 16.0. The van der Waals surface area contributed by atoms with Crippen LogP contribution in [0.5, 0.6) is 5.75 Å². The van der Waals surface area contributed by atoms with Crippen LogP contribution in [0.25, 0.3) is 0 Å². The van der Waals surface area contributed by atoms with Crippen LogP contribution in [-0.2, 0) is 21.4 Å². The van der Waals surface area contributed by atoms with Crippen molar-refractivity contribution in [1.82, 2.24) is 9.62 Å². The molecule has 28 heavy (non-hydrogen) atoms. The number of piperidine rings is 1. The average molecular weight is 403 g/mol. The van der Waals surface area contributed by atoms with Gasteiger partial charge in [-0.05, 0) is 49.6 Å². The number of ether oxygens (including phenoxy) is 1. The van der Waals surface area contributed by atoms with Gasteiger partial charge in [0.15, 0.2) is 0 Å². The van der Waals surface area contributed by atoms with E-state index in [-0.39, 0.29) is 23.3 Å². The quantitative estimate of drug-likeness (QED) is 0.773. The largest absolute Gasteiger partial charge is 0.494 e. The molecule has 1 aliphatic heterocycles. The molecule has 1 amide bonds. The molecule has 0 radical (unpaired) electrons. The van der Waals surface area contributed by atoms with Crippen molar-refractivity contribution in [2.75, 3.05) is 19.7 Å². The Morgan fingerprint density at radius 1 is 1.14 bits per heavy atom. The lowest BCUT2D eigenvalue weighted by Crippen LogP contribution is -2.45. The third kappa shape index (κ3) is 4.91. The van der Waals surface area contributed by atoms with Crippen LogP contribution in [0.1, 0.15) is 25.3 Å². The third-order valence-electron chi connectivity index (χ3n) is 4.84. The standard InChI is InChI=1S/C21H26N2O4S/c1-2-27-19-10-12-20(13-11-19)28(25,26)23-14-6-9-18(16-23)21(24)22-15-17-7-4-3-5-8-17/h3-5,7-8,10-13,18H,2,6,9,14-16H2,1H3,(H,22,24)/t18-/m0/s1. The average Bonchev–Trinajstić information content (AvgIpc) is 2.73. The van der Waals surface area contributed by atoms with Crippen LogP contribution in [0.15, 0.2) is 59.5 Å². The van der Waals surface area contributed by atoms with E-state index in [0.717, 1.165) is 5.56 Å². The van der Waals surface area contributed by atoms with E-state index in [4.69, 9.17) is 4.74 Å². The molecule has 1 heterocycles. The maximum absolute atomic E-state index is 13.0. The van der Waals surface area contributed by atoms with Crippen LogP contribution in [-0.4, -0.2) is 38.3 Å². The summed E-state index contributed by atoms with van der Waals surface area (Å²) >= 11 is 0. The molecule has 1 N–H and O–H groups in total. The molecule has 1 saturated heterocycles. The molecule has 1 atom stereocenters. The second-order valence-corrected chi connectivity index (χ2v) is 8.75. The Balaban J connectivity index is 1.63. The number of nitrogens with zero attached hydrogens (tertiary/aromatic N) is 1. The first-order valence-electron chi connectivity index (χ1n) is 9.55. The first-order chi connectivity index (χ1) is 13.5. The zero-order valence-corrected chi connectivity index (χ0v) is 16.8. The number of nitrogens with one attached hydrogen (secondary N) is 1. The number of carbonyl (C=O) groups is 1. The maximum Gasteiger partial charge on any atom is 0.243 e. The first-order valence-corrected chi connectivity index (χ1v) is 11.0. The maximum atomic E-state index is 13.0. The molecule has 0 unspecified atom stereocenters. The number of carbonyl (C=O) groups excluding carboxylic acids is 1. The predicted molar refractivity (Wildman–Crippen MR) is 107 cm³/mol. The summed E-state index contributed by atoms with van der Waals surface area (Å²) in [6.07, 6.45) is 1.36. The van der Waals surface area contributed by atoms with Crippen LogP contribution >= 0.6 is 0 Å². The lowest BCUT2D eigenvalue weighted by atomic mass is 9.99. The van der Waals surface area contributed by atoms with Gasteiger partial charge in [-0.1, -0.05) is 30.3 Å². The minimum absolute atomic E-state index is 0.101. The minimum Gasteiger partial charge on any atom is -0.494 e. The number of benzene rings is 2. The summed E-state index contributed by atoms with van der Waals surface area (Å²) in [6.45, 7) is 3.48. The van der Waals surface area contributed by atoms with Crippen molar-refractivity contribution < 1.29 is 17.9 Å². The van der Waals surface area contributed by atoms with Crippen molar-refractivity contribution in [3.8, 4) is 5.75 Å². The van der Waals surface area contributed by atoms with Crippen molar-refractivity contribution in [2.45, 2.75) is 31.2 Å². The van der Waals surface area contributed by atoms with Gasteiger partial charge < -0.3 is 10.1 Å². The predicted octanol–water partition coefficient (Wildman–Crippen LogP) is 2.80. The molecule has 0 aliphatic carbocycles. The Bertz CT molecular complexity index is 882. The Hall–Kier alpha value is -2.38.